The predicted octanol–water partition coefficient (Wildman–Crippen LogP) is 2.42. The summed E-state index contributed by atoms with van der Waals surface area (Å²) in [4.78, 5) is 3.94. The van der Waals surface area contributed by atoms with Gasteiger partial charge in [0.15, 0.2) is 0 Å². The molecule has 4 heteroatoms. The van der Waals surface area contributed by atoms with Crippen LogP contribution in [0.1, 0.15) is 23.7 Å². The van der Waals surface area contributed by atoms with Crippen LogP contribution in [-0.4, -0.2) is 11.0 Å². The molecule has 2 rings (SSSR count). The zero-order chi connectivity index (χ0) is 14.4. The number of nitriles is 1. The number of hydrogen-bond acceptors (Lipinski definition) is 4. The fraction of sp³-hybridized carbons (Fsp3) is 0.250. The van der Waals surface area contributed by atoms with Crippen LogP contribution in [0.3, 0.4) is 0 Å². The Labute approximate surface area is 118 Å². The van der Waals surface area contributed by atoms with Gasteiger partial charge in [0.25, 0.3) is 0 Å². The summed E-state index contributed by atoms with van der Waals surface area (Å²) in [5.74, 6) is 0.833. The molecule has 0 saturated carbocycles. The summed E-state index contributed by atoms with van der Waals surface area (Å²) in [6.07, 6.45) is 2.39. The zero-order valence-electron chi connectivity index (χ0n) is 11.4. The van der Waals surface area contributed by atoms with Crippen molar-refractivity contribution in [2.24, 2.45) is 5.73 Å². The Morgan fingerprint density at radius 3 is 2.90 bits per heavy atom. The molecule has 0 aliphatic heterocycles. The highest BCUT2D eigenvalue weighted by Gasteiger charge is 2.06. The number of ether oxygens (including phenoxy) is 1. The van der Waals surface area contributed by atoms with Gasteiger partial charge in [-0.05, 0) is 42.7 Å². The Kier molecular flexibility index (Phi) is 4.70. The van der Waals surface area contributed by atoms with Crippen LogP contribution in [-0.2, 0) is 13.0 Å². The van der Waals surface area contributed by atoms with Crippen molar-refractivity contribution >= 4 is 0 Å². The van der Waals surface area contributed by atoms with Crippen LogP contribution >= 0.6 is 0 Å². The molecular formula is C16H17N3O. The maximum absolute atomic E-state index is 8.82. The second kappa shape index (κ2) is 6.69. The molecule has 102 valence electrons. The monoisotopic (exact) mass is 267 g/mol. The van der Waals surface area contributed by atoms with E-state index in [-0.39, 0.29) is 6.04 Å². The fourth-order valence-corrected chi connectivity index (χ4v) is 1.95. The van der Waals surface area contributed by atoms with Crippen molar-refractivity contribution in [1.82, 2.24) is 4.98 Å². The number of para-hydroxylation sites is 1. The number of rotatable bonds is 5. The first-order valence-electron chi connectivity index (χ1n) is 6.50. The summed E-state index contributed by atoms with van der Waals surface area (Å²) in [5.41, 5.74) is 8.25. The summed E-state index contributed by atoms with van der Waals surface area (Å²) >= 11 is 0. The van der Waals surface area contributed by atoms with Gasteiger partial charge in [0.1, 0.15) is 24.1 Å². The van der Waals surface area contributed by atoms with Crippen molar-refractivity contribution in [2.75, 3.05) is 0 Å². The first kappa shape index (κ1) is 14.0. The van der Waals surface area contributed by atoms with E-state index in [2.05, 4.69) is 4.98 Å². The summed E-state index contributed by atoms with van der Waals surface area (Å²) in [6, 6.07) is 13.6. The van der Waals surface area contributed by atoms with Gasteiger partial charge in [-0.2, -0.15) is 5.26 Å². The van der Waals surface area contributed by atoms with Crippen LogP contribution < -0.4 is 10.5 Å². The van der Waals surface area contributed by atoms with E-state index in [1.807, 2.05) is 43.3 Å². The average Bonchev–Trinajstić information content (AvgIpc) is 2.46. The van der Waals surface area contributed by atoms with Crippen LogP contribution in [0.25, 0.3) is 0 Å². The van der Waals surface area contributed by atoms with Crippen molar-refractivity contribution < 1.29 is 4.74 Å². The molecule has 1 aromatic carbocycles. The maximum atomic E-state index is 8.82. The van der Waals surface area contributed by atoms with Crippen molar-refractivity contribution in [1.29, 1.82) is 5.26 Å². The smallest absolute Gasteiger partial charge is 0.140 e. The molecule has 2 N–H and O–H groups in total. The van der Waals surface area contributed by atoms with Gasteiger partial charge in [0.05, 0.1) is 0 Å². The summed E-state index contributed by atoms with van der Waals surface area (Å²) < 4.78 is 5.83. The SMILES string of the molecule is CC(N)Cc1ccccc1OCc1ccnc(C#N)c1. The first-order valence-corrected chi connectivity index (χ1v) is 6.50. The lowest BCUT2D eigenvalue weighted by Crippen LogP contribution is -2.18. The normalized spacial score (nSPS) is 11.7. The van der Waals surface area contributed by atoms with Gasteiger partial charge < -0.3 is 10.5 Å². The third-order valence-electron chi connectivity index (χ3n) is 2.85. The molecule has 0 aliphatic rings. The quantitative estimate of drug-likeness (QED) is 0.903. The van der Waals surface area contributed by atoms with E-state index in [4.69, 9.17) is 15.7 Å². The first-order chi connectivity index (χ1) is 9.69. The van der Waals surface area contributed by atoms with Gasteiger partial charge in [-0.25, -0.2) is 4.98 Å². The molecule has 1 atom stereocenters. The number of nitrogens with zero attached hydrogens (tertiary/aromatic N) is 2. The van der Waals surface area contributed by atoms with E-state index in [1.54, 1.807) is 12.3 Å². The van der Waals surface area contributed by atoms with Gasteiger partial charge in [0.2, 0.25) is 0 Å². The molecule has 0 aliphatic carbocycles. The lowest BCUT2D eigenvalue weighted by Gasteiger charge is -2.13. The Bertz CT molecular complexity index is 617. The molecule has 0 fully saturated rings. The van der Waals surface area contributed by atoms with E-state index in [0.29, 0.717) is 12.3 Å². The standard InChI is InChI=1S/C16H17N3O/c1-12(18)8-14-4-2-3-5-16(14)20-11-13-6-7-19-15(9-13)10-17/h2-7,9,12H,8,11,18H2,1H3. The van der Waals surface area contributed by atoms with Gasteiger partial charge in [-0.15, -0.1) is 0 Å². The van der Waals surface area contributed by atoms with Crippen molar-refractivity contribution in [3.8, 4) is 11.8 Å². The summed E-state index contributed by atoms with van der Waals surface area (Å²) in [5, 5.41) is 8.82. The topological polar surface area (TPSA) is 71.9 Å². The molecule has 0 radical (unpaired) electrons. The largest absolute Gasteiger partial charge is 0.489 e. The highest BCUT2D eigenvalue weighted by atomic mass is 16.5. The number of hydrogen-bond donors (Lipinski definition) is 1. The van der Waals surface area contributed by atoms with Crippen LogP contribution in [0.5, 0.6) is 5.75 Å². The Morgan fingerprint density at radius 2 is 2.15 bits per heavy atom. The number of pyridine rings is 1. The maximum Gasteiger partial charge on any atom is 0.140 e. The molecule has 20 heavy (non-hydrogen) atoms. The molecule has 2 aromatic rings. The number of benzene rings is 1. The molecule has 0 amide bonds. The van der Waals surface area contributed by atoms with Gasteiger partial charge in [-0.3, -0.25) is 0 Å². The molecule has 0 spiro atoms. The molecule has 1 heterocycles. The lowest BCUT2D eigenvalue weighted by atomic mass is 10.1. The van der Waals surface area contributed by atoms with Crippen LogP contribution in [0.4, 0.5) is 0 Å². The van der Waals surface area contributed by atoms with Crippen molar-refractivity contribution in [3.63, 3.8) is 0 Å². The predicted molar refractivity (Wildman–Crippen MR) is 77.1 cm³/mol. The van der Waals surface area contributed by atoms with E-state index in [1.165, 1.54) is 0 Å². The zero-order valence-corrected chi connectivity index (χ0v) is 11.4. The van der Waals surface area contributed by atoms with E-state index < -0.39 is 0 Å². The van der Waals surface area contributed by atoms with E-state index in [9.17, 15) is 0 Å². The molecular weight excluding hydrogens is 250 g/mol. The fourth-order valence-electron chi connectivity index (χ4n) is 1.95. The van der Waals surface area contributed by atoms with Crippen LogP contribution in [0.2, 0.25) is 0 Å². The molecule has 0 bridgehead atoms. The van der Waals surface area contributed by atoms with Crippen molar-refractivity contribution in [3.05, 3.63) is 59.4 Å². The Hall–Kier alpha value is -2.38. The average molecular weight is 267 g/mol. The molecule has 1 aromatic heterocycles. The lowest BCUT2D eigenvalue weighted by molar-refractivity contribution is 0.302. The third kappa shape index (κ3) is 3.81. The highest BCUT2D eigenvalue weighted by Crippen LogP contribution is 2.20. The highest BCUT2D eigenvalue weighted by molar-refractivity contribution is 5.34. The minimum Gasteiger partial charge on any atom is -0.489 e. The van der Waals surface area contributed by atoms with Crippen molar-refractivity contribution in [2.45, 2.75) is 26.0 Å². The number of nitrogens with two attached hydrogens (primary N) is 1. The van der Waals surface area contributed by atoms with Gasteiger partial charge in [0, 0.05) is 12.2 Å². The summed E-state index contributed by atoms with van der Waals surface area (Å²) in [6.45, 7) is 2.38. The second-order valence-corrected chi connectivity index (χ2v) is 4.74. The van der Waals surface area contributed by atoms with Gasteiger partial charge >= 0.3 is 0 Å². The third-order valence-corrected chi connectivity index (χ3v) is 2.85. The van der Waals surface area contributed by atoms with Crippen LogP contribution in [0, 0.1) is 11.3 Å². The van der Waals surface area contributed by atoms with E-state index >= 15 is 0 Å². The molecule has 1 unspecified atom stereocenters. The second-order valence-electron chi connectivity index (χ2n) is 4.74. The summed E-state index contributed by atoms with van der Waals surface area (Å²) in [7, 11) is 0. The number of aromatic nitrogens is 1. The molecule has 0 saturated heterocycles. The van der Waals surface area contributed by atoms with Gasteiger partial charge in [-0.1, -0.05) is 18.2 Å². The molecule has 4 nitrogen and oxygen atoms in total. The Balaban J connectivity index is 2.09. The minimum absolute atomic E-state index is 0.0888. The Morgan fingerprint density at radius 1 is 1.35 bits per heavy atom. The van der Waals surface area contributed by atoms with E-state index in [0.717, 1.165) is 23.3 Å². The van der Waals surface area contributed by atoms with Crippen LogP contribution in [0.15, 0.2) is 42.6 Å². The minimum atomic E-state index is 0.0888.